The Morgan fingerprint density at radius 3 is 2.32 bits per heavy atom. The first-order chi connectivity index (χ1) is 15.0. The number of carbonyl (C=O) groups is 2. The third kappa shape index (κ3) is 4.57. The summed E-state index contributed by atoms with van der Waals surface area (Å²) in [6.45, 7) is 1.80. The van der Waals surface area contributed by atoms with Crippen molar-refractivity contribution in [3.05, 3.63) is 101 Å². The highest BCUT2D eigenvalue weighted by atomic mass is 35.5. The fourth-order valence-electron chi connectivity index (χ4n) is 3.20. The second-order valence-corrected chi connectivity index (χ2v) is 7.41. The molecule has 0 aromatic heterocycles. The van der Waals surface area contributed by atoms with Crippen molar-refractivity contribution in [2.75, 3.05) is 10.2 Å². The Kier molecular flexibility index (Phi) is 5.96. The predicted molar refractivity (Wildman–Crippen MR) is 125 cm³/mol. The van der Waals surface area contributed by atoms with Crippen LogP contribution in [0.1, 0.15) is 24.5 Å². The van der Waals surface area contributed by atoms with Crippen molar-refractivity contribution in [3.8, 4) is 0 Å². The van der Waals surface area contributed by atoms with Crippen LogP contribution in [0.15, 0.2) is 89.6 Å². The van der Waals surface area contributed by atoms with Gasteiger partial charge >= 0.3 is 0 Å². The highest BCUT2D eigenvalue weighted by Crippen LogP contribution is 2.29. The topological polar surface area (TPSA) is 61.8 Å². The molecule has 0 spiro atoms. The van der Waals surface area contributed by atoms with Gasteiger partial charge in [0.05, 0.1) is 5.69 Å². The van der Waals surface area contributed by atoms with E-state index in [9.17, 15) is 9.59 Å². The van der Waals surface area contributed by atoms with Crippen LogP contribution in [0.4, 0.5) is 11.4 Å². The zero-order chi connectivity index (χ0) is 21.8. The number of rotatable bonds is 5. The third-order valence-corrected chi connectivity index (χ3v) is 5.05. The average molecular weight is 430 g/mol. The van der Waals surface area contributed by atoms with Gasteiger partial charge in [-0.25, -0.2) is 4.99 Å². The molecule has 0 unspecified atom stereocenters. The summed E-state index contributed by atoms with van der Waals surface area (Å²) in [6.07, 6.45) is 2.15. The first-order valence-corrected chi connectivity index (χ1v) is 10.3. The summed E-state index contributed by atoms with van der Waals surface area (Å²) in [7, 11) is 0. The van der Waals surface area contributed by atoms with Crippen LogP contribution in [0.3, 0.4) is 0 Å². The number of carbonyl (C=O) groups excluding carboxylic acids is 2. The van der Waals surface area contributed by atoms with Crippen LogP contribution < -0.4 is 10.2 Å². The molecule has 0 saturated heterocycles. The second-order valence-electron chi connectivity index (χ2n) is 6.97. The van der Waals surface area contributed by atoms with Gasteiger partial charge in [0.15, 0.2) is 0 Å². The Morgan fingerprint density at radius 1 is 1.00 bits per heavy atom. The average Bonchev–Trinajstić information content (AvgIpc) is 3.12. The zero-order valence-electron chi connectivity index (χ0n) is 16.9. The molecule has 1 aliphatic rings. The van der Waals surface area contributed by atoms with Crippen LogP contribution in [0.25, 0.3) is 6.08 Å². The molecule has 3 aromatic carbocycles. The predicted octanol–water partition coefficient (Wildman–Crippen LogP) is 5.52. The van der Waals surface area contributed by atoms with Gasteiger partial charge in [-0.05, 0) is 48.0 Å². The normalized spacial score (nSPS) is 14.6. The van der Waals surface area contributed by atoms with Crippen molar-refractivity contribution < 1.29 is 9.59 Å². The maximum absolute atomic E-state index is 13.3. The molecule has 154 valence electrons. The number of aliphatic imine (C=N–C) groups is 1. The minimum absolute atomic E-state index is 0.0651. The maximum atomic E-state index is 13.3. The molecule has 0 atom stereocenters. The van der Waals surface area contributed by atoms with Crippen molar-refractivity contribution in [1.82, 2.24) is 0 Å². The first kappa shape index (κ1) is 20.6. The van der Waals surface area contributed by atoms with Gasteiger partial charge in [0.2, 0.25) is 5.91 Å². The Bertz CT molecular complexity index is 1170. The minimum Gasteiger partial charge on any atom is -0.326 e. The Labute approximate surface area is 185 Å². The molecule has 0 bridgehead atoms. The van der Waals surface area contributed by atoms with E-state index in [1.165, 1.54) is 0 Å². The van der Waals surface area contributed by atoms with Gasteiger partial charge < -0.3 is 5.32 Å². The van der Waals surface area contributed by atoms with E-state index in [0.717, 1.165) is 11.1 Å². The molecule has 31 heavy (non-hydrogen) atoms. The summed E-state index contributed by atoms with van der Waals surface area (Å²) in [5, 5.41) is 3.44. The van der Waals surface area contributed by atoms with E-state index < -0.39 is 0 Å². The highest BCUT2D eigenvalue weighted by Gasteiger charge is 2.32. The van der Waals surface area contributed by atoms with Crippen molar-refractivity contribution in [3.63, 3.8) is 0 Å². The van der Waals surface area contributed by atoms with Crippen molar-refractivity contribution in [1.29, 1.82) is 0 Å². The first-order valence-electron chi connectivity index (χ1n) is 9.91. The van der Waals surface area contributed by atoms with E-state index in [1.807, 2.05) is 42.5 Å². The van der Waals surface area contributed by atoms with Gasteiger partial charge in [0.1, 0.15) is 11.5 Å². The molecule has 0 saturated carbocycles. The number of hydrogen-bond acceptors (Lipinski definition) is 3. The van der Waals surface area contributed by atoms with Crippen LogP contribution in [-0.4, -0.2) is 17.6 Å². The maximum Gasteiger partial charge on any atom is 0.282 e. The lowest BCUT2D eigenvalue weighted by Gasteiger charge is -2.19. The molecular formula is C25H20ClN3O2. The molecule has 0 aliphatic carbocycles. The number of amides is 2. The number of halogens is 1. The molecular weight excluding hydrogens is 410 g/mol. The molecule has 1 heterocycles. The molecule has 4 rings (SSSR count). The van der Waals surface area contributed by atoms with E-state index in [-0.39, 0.29) is 11.8 Å². The molecule has 5 nitrogen and oxygen atoms in total. The van der Waals surface area contributed by atoms with E-state index in [2.05, 4.69) is 10.3 Å². The van der Waals surface area contributed by atoms with Crippen molar-refractivity contribution in [2.24, 2.45) is 4.99 Å². The number of anilines is 2. The molecule has 1 N–H and O–H groups in total. The van der Waals surface area contributed by atoms with E-state index in [1.54, 1.807) is 54.3 Å². The summed E-state index contributed by atoms with van der Waals surface area (Å²) >= 11 is 5.97. The number of hydrogen-bond donors (Lipinski definition) is 1. The molecule has 1 aliphatic heterocycles. The number of nitrogens with zero attached hydrogens (tertiary/aromatic N) is 2. The second kappa shape index (κ2) is 8.98. The molecule has 0 radical (unpaired) electrons. The van der Waals surface area contributed by atoms with E-state index >= 15 is 0 Å². The number of benzene rings is 3. The minimum atomic E-state index is -0.223. The summed E-state index contributed by atoms with van der Waals surface area (Å²) in [4.78, 5) is 31.2. The number of nitrogens with one attached hydrogen (secondary N) is 1. The van der Waals surface area contributed by atoms with Crippen molar-refractivity contribution in [2.45, 2.75) is 13.3 Å². The van der Waals surface area contributed by atoms with Gasteiger partial charge in [0.25, 0.3) is 5.91 Å². The summed E-state index contributed by atoms with van der Waals surface area (Å²) < 4.78 is 0. The van der Waals surface area contributed by atoms with Gasteiger partial charge in [-0.15, -0.1) is 0 Å². The van der Waals surface area contributed by atoms with E-state index in [0.29, 0.717) is 34.4 Å². The number of amidine groups is 1. The smallest absolute Gasteiger partial charge is 0.282 e. The lowest BCUT2D eigenvalue weighted by Crippen LogP contribution is -2.32. The van der Waals surface area contributed by atoms with Gasteiger partial charge in [-0.2, -0.15) is 0 Å². The van der Waals surface area contributed by atoms with Crippen molar-refractivity contribution >= 4 is 46.7 Å². The standard InChI is InChI=1S/C25H20ClN3O2/c1-2-23(30)27-20-12-14-21(15-13-20)29-24(18-6-4-3-5-7-18)28-22(25(29)31)16-17-8-10-19(26)11-9-17/h3-16H,2H2,1H3,(H,27,30)/b22-16-. The zero-order valence-corrected chi connectivity index (χ0v) is 17.6. The molecule has 6 heteroatoms. The van der Waals surface area contributed by atoms with Crippen LogP contribution in [0.2, 0.25) is 5.02 Å². The van der Waals surface area contributed by atoms with Crippen LogP contribution in [-0.2, 0) is 9.59 Å². The summed E-state index contributed by atoms with van der Waals surface area (Å²) in [5.41, 5.74) is 3.35. The van der Waals surface area contributed by atoms with Crippen LogP contribution >= 0.6 is 11.6 Å². The fourth-order valence-corrected chi connectivity index (χ4v) is 3.32. The Balaban J connectivity index is 1.72. The molecule has 0 fully saturated rings. The quantitative estimate of drug-likeness (QED) is 0.542. The molecule has 2 amide bonds. The van der Waals surface area contributed by atoms with Crippen LogP contribution in [0, 0.1) is 0 Å². The highest BCUT2D eigenvalue weighted by molar-refractivity contribution is 6.33. The fraction of sp³-hybridized carbons (Fsp3) is 0.0800. The monoisotopic (exact) mass is 429 g/mol. The van der Waals surface area contributed by atoms with E-state index in [4.69, 9.17) is 11.6 Å². The third-order valence-electron chi connectivity index (χ3n) is 4.80. The SMILES string of the molecule is CCC(=O)Nc1ccc(N2C(=O)/C(=C/c3ccc(Cl)cc3)N=C2c2ccccc2)cc1. The lowest BCUT2D eigenvalue weighted by molar-refractivity contribution is -0.116. The summed E-state index contributed by atoms with van der Waals surface area (Å²) in [5.74, 6) is 0.264. The van der Waals surface area contributed by atoms with Gasteiger partial charge in [-0.3, -0.25) is 14.5 Å². The largest absolute Gasteiger partial charge is 0.326 e. The Hall–Kier alpha value is -3.70. The lowest BCUT2D eigenvalue weighted by atomic mass is 10.1. The van der Waals surface area contributed by atoms with Gasteiger partial charge in [0, 0.05) is 22.7 Å². The van der Waals surface area contributed by atoms with Gasteiger partial charge in [-0.1, -0.05) is 61.0 Å². The summed E-state index contributed by atoms with van der Waals surface area (Å²) in [6, 6.07) is 23.9. The Morgan fingerprint density at radius 2 is 1.68 bits per heavy atom. The van der Waals surface area contributed by atoms with Crippen LogP contribution in [0.5, 0.6) is 0 Å². The molecule has 3 aromatic rings.